The van der Waals surface area contributed by atoms with Crippen LogP contribution < -0.4 is 0 Å². The molecular formula is C48H30N2O. The Hall–Kier alpha value is -6.84. The molecule has 0 unspecified atom stereocenters. The molecule has 2 heterocycles. The fourth-order valence-corrected chi connectivity index (χ4v) is 7.31. The van der Waals surface area contributed by atoms with E-state index < -0.39 is 0 Å². The number of benzene rings is 8. The van der Waals surface area contributed by atoms with Gasteiger partial charge in [0.2, 0.25) is 0 Å². The van der Waals surface area contributed by atoms with E-state index in [1.807, 2.05) is 30.3 Å². The molecule has 238 valence electrons. The lowest BCUT2D eigenvalue weighted by Crippen LogP contribution is -1.96. The highest BCUT2D eigenvalue weighted by molar-refractivity contribution is 6.13. The Kier molecular flexibility index (Phi) is 6.81. The number of para-hydroxylation sites is 1. The van der Waals surface area contributed by atoms with Crippen LogP contribution in [0.1, 0.15) is 0 Å². The number of fused-ring (bicyclic) bond motifs is 6. The fraction of sp³-hybridized carbons (Fsp3) is 0. The van der Waals surface area contributed by atoms with Crippen LogP contribution in [0.2, 0.25) is 0 Å². The van der Waals surface area contributed by atoms with E-state index in [4.69, 9.17) is 14.4 Å². The van der Waals surface area contributed by atoms with Crippen molar-refractivity contribution in [1.29, 1.82) is 0 Å². The van der Waals surface area contributed by atoms with Crippen molar-refractivity contribution in [2.45, 2.75) is 0 Å². The summed E-state index contributed by atoms with van der Waals surface area (Å²) in [5.74, 6) is 0.703. The molecular weight excluding hydrogens is 621 g/mol. The van der Waals surface area contributed by atoms with Crippen LogP contribution in [-0.2, 0) is 0 Å². The molecule has 8 aromatic carbocycles. The maximum atomic E-state index is 6.06. The van der Waals surface area contributed by atoms with E-state index in [-0.39, 0.29) is 0 Å². The lowest BCUT2D eigenvalue weighted by atomic mass is 9.93. The second kappa shape index (κ2) is 11.9. The van der Waals surface area contributed by atoms with Crippen LogP contribution in [0.4, 0.5) is 0 Å². The smallest absolute Gasteiger partial charge is 0.160 e. The van der Waals surface area contributed by atoms with Gasteiger partial charge in [-0.05, 0) is 74.1 Å². The van der Waals surface area contributed by atoms with Crippen molar-refractivity contribution in [2.24, 2.45) is 0 Å². The molecule has 0 N–H and O–H groups in total. The zero-order chi connectivity index (χ0) is 33.7. The Morgan fingerprint density at radius 1 is 0.314 bits per heavy atom. The monoisotopic (exact) mass is 650 g/mol. The molecule has 3 nitrogen and oxygen atoms in total. The van der Waals surface area contributed by atoms with E-state index >= 15 is 0 Å². The van der Waals surface area contributed by atoms with Crippen molar-refractivity contribution in [3.05, 3.63) is 182 Å². The summed E-state index contributed by atoms with van der Waals surface area (Å²) < 4.78 is 6.06. The summed E-state index contributed by atoms with van der Waals surface area (Å²) in [7, 11) is 0. The Bertz CT molecular complexity index is 2890. The maximum absolute atomic E-state index is 6.06. The summed E-state index contributed by atoms with van der Waals surface area (Å²) >= 11 is 0. The van der Waals surface area contributed by atoms with Crippen molar-refractivity contribution < 1.29 is 4.42 Å². The summed E-state index contributed by atoms with van der Waals surface area (Å²) in [6.45, 7) is 0. The molecule has 0 aliphatic heterocycles. The first-order chi connectivity index (χ1) is 25.2. The largest absolute Gasteiger partial charge is 0.456 e. The molecule has 0 amide bonds. The molecule has 0 spiro atoms. The summed E-state index contributed by atoms with van der Waals surface area (Å²) in [6, 6.07) is 64.0. The zero-order valence-electron chi connectivity index (χ0n) is 27.6. The molecule has 0 saturated carbocycles. The van der Waals surface area contributed by atoms with Gasteiger partial charge in [-0.1, -0.05) is 152 Å². The quantitative estimate of drug-likeness (QED) is 0.174. The average Bonchev–Trinajstić information content (AvgIpc) is 3.59. The number of hydrogen-bond donors (Lipinski definition) is 0. The Labute approximate surface area is 295 Å². The summed E-state index contributed by atoms with van der Waals surface area (Å²) in [5.41, 5.74) is 11.3. The second-order valence-corrected chi connectivity index (χ2v) is 13.0. The number of rotatable bonds is 5. The predicted molar refractivity (Wildman–Crippen MR) is 212 cm³/mol. The van der Waals surface area contributed by atoms with Gasteiger partial charge in [0.15, 0.2) is 5.82 Å². The van der Waals surface area contributed by atoms with Crippen LogP contribution >= 0.6 is 0 Å². The molecule has 0 bridgehead atoms. The minimum atomic E-state index is 0.703. The van der Waals surface area contributed by atoms with Gasteiger partial charge in [0, 0.05) is 27.5 Å². The molecule has 0 atom stereocenters. The van der Waals surface area contributed by atoms with Gasteiger partial charge < -0.3 is 4.42 Å². The Morgan fingerprint density at radius 2 is 0.863 bits per heavy atom. The molecule has 0 aliphatic carbocycles. The standard InChI is InChI=1S/C48H30N2O/c1-2-10-35(11-3-1)48-49-44(33-22-18-31(19-23-33)36-26-27-47-43(28-36)41-16-8-9-17-46(41)51-47)30-45(50-48)34-24-20-32(21-25-34)42-29-37-12-4-5-13-38(37)39-14-6-7-15-40(39)42/h1-30H. The van der Waals surface area contributed by atoms with E-state index in [9.17, 15) is 0 Å². The SMILES string of the molecule is c1ccc(-c2nc(-c3ccc(-c4ccc5oc6ccccc6c5c4)cc3)cc(-c3ccc(-c4cc5ccccc5c5ccccc45)cc3)n2)cc1. The van der Waals surface area contributed by atoms with E-state index in [0.717, 1.165) is 61.1 Å². The van der Waals surface area contributed by atoms with Crippen LogP contribution in [-0.4, -0.2) is 9.97 Å². The fourth-order valence-electron chi connectivity index (χ4n) is 7.31. The van der Waals surface area contributed by atoms with E-state index in [0.29, 0.717) is 5.82 Å². The molecule has 51 heavy (non-hydrogen) atoms. The number of hydrogen-bond acceptors (Lipinski definition) is 3. The minimum Gasteiger partial charge on any atom is -0.456 e. The molecule has 0 radical (unpaired) electrons. The van der Waals surface area contributed by atoms with Gasteiger partial charge in [-0.15, -0.1) is 0 Å². The minimum absolute atomic E-state index is 0.703. The Balaban J connectivity index is 1.04. The molecule has 2 aromatic heterocycles. The molecule has 10 aromatic rings. The lowest BCUT2D eigenvalue weighted by molar-refractivity contribution is 0.669. The highest BCUT2D eigenvalue weighted by Crippen LogP contribution is 2.37. The molecule has 0 saturated heterocycles. The third-order valence-electron chi connectivity index (χ3n) is 9.91. The highest BCUT2D eigenvalue weighted by Gasteiger charge is 2.14. The van der Waals surface area contributed by atoms with E-state index in [2.05, 4.69) is 152 Å². The molecule has 3 heteroatoms. The van der Waals surface area contributed by atoms with Gasteiger partial charge in [0.05, 0.1) is 11.4 Å². The molecule has 10 rings (SSSR count). The first kappa shape index (κ1) is 29.1. The Morgan fingerprint density at radius 3 is 1.61 bits per heavy atom. The van der Waals surface area contributed by atoms with Crippen LogP contribution in [0, 0.1) is 0 Å². The van der Waals surface area contributed by atoms with Crippen LogP contribution in [0.25, 0.3) is 99.6 Å². The number of aromatic nitrogens is 2. The lowest BCUT2D eigenvalue weighted by Gasteiger charge is -2.13. The van der Waals surface area contributed by atoms with Crippen molar-refractivity contribution in [2.75, 3.05) is 0 Å². The zero-order valence-corrected chi connectivity index (χ0v) is 27.6. The summed E-state index contributed by atoms with van der Waals surface area (Å²) in [6.07, 6.45) is 0. The molecule has 0 aliphatic rings. The second-order valence-electron chi connectivity index (χ2n) is 13.0. The highest BCUT2D eigenvalue weighted by atomic mass is 16.3. The van der Waals surface area contributed by atoms with Crippen molar-refractivity contribution >= 4 is 43.5 Å². The van der Waals surface area contributed by atoms with E-state index in [1.165, 1.54) is 32.7 Å². The summed E-state index contributed by atoms with van der Waals surface area (Å²) in [4.78, 5) is 10.2. The number of furan rings is 1. The molecule has 0 fully saturated rings. The first-order valence-electron chi connectivity index (χ1n) is 17.2. The third-order valence-corrected chi connectivity index (χ3v) is 9.91. The van der Waals surface area contributed by atoms with Crippen LogP contribution in [0.15, 0.2) is 186 Å². The van der Waals surface area contributed by atoms with Crippen molar-refractivity contribution in [3.63, 3.8) is 0 Å². The summed E-state index contributed by atoms with van der Waals surface area (Å²) in [5, 5.41) is 7.29. The first-order valence-corrected chi connectivity index (χ1v) is 17.2. The number of nitrogens with zero attached hydrogens (tertiary/aromatic N) is 2. The maximum Gasteiger partial charge on any atom is 0.160 e. The van der Waals surface area contributed by atoms with Gasteiger partial charge in [0.1, 0.15) is 11.2 Å². The van der Waals surface area contributed by atoms with Crippen molar-refractivity contribution in [1.82, 2.24) is 9.97 Å². The van der Waals surface area contributed by atoms with Gasteiger partial charge in [-0.3, -0.25) is 0 Å². The average molecular weight is 651 g/mol. The normalized spacial score (nSPS) is 11.5. The van der Waals surface area contributed by atoms with Gasteiger partial charge in [-0.25, -0.2) is 9.97 Å². The third kappa shape index (κ3) is 5.15. The van der Waals surface area contributed by atoms with Crippen LogP contribution in [0.5, 0.6) is 0 Å². The van der Waals surface area contributed by atoms with Gasteiger partial charge >= 0.3 is 0 Å². The van der Waals surface area contributed by atoms with Crippen molar-refractivity contribution in [3.8, 4) is 56.2 Å². The van der Waals surface area contributed by atoms with E-state index in [1.54, 1.807) is 0 Å². The van der Waals surface area contributed by atoms with Gasteiger partial charge in [0.25, 0.3) is 0 Å². The van der Waals surface area contributed by atoms with Crippen LogP contribution in [0.3, 0.4) is 0 Å². The topological polar surface area (TPSA) is 38.9 Å². The predicted octanol–water partition coefficient (Wildman–Crippen LogP) is 13.0. The van der Waals surface area contributed by atoms with Gasteiger partial charge in [-0.2, -0.15) is 0 Å².